The smallest absolute Gasteiger partial charge is 0.262 e. The summed E-state index contributed by atoms with van der Waals surface area (Å²) in [6, 6.07) is 7.61. The molecule has 0 spiro atoms. The van der Waals surface area contributed by atoms with Crippen molar-refractivity contribution in [3.05, 3.63) is 24.3 Å². The summed E-state index contributed by atoms with van der Waals surface area (Å²) in [5.41, 5.74) is 0.943. The quantitative estimate of drug-likeness (QED) is 0.825. The van der Waals surface area contributed by atoms with E-state index >= 15 is 0 Å². The number of likely N-dealkylation sites (N-methyl/N-ethyl adjacent to an activating group) is 1. The molecule has 2 rings (SSSR count). The van der Waals surface area contributed by atoms with Gasteiger partial charge in [-0.05, 0) is 19.1 Å². The van der Waals surface area contributed by atoms with E-state index in [0.29, 0.717) is 13.1 Å². The minimum atomic E-state index is -0.431. The highest BCUT2D eigenvalue weighted by atomic mass is 35.5. The van der Waals surface area contributed by atoms with Crippen LogP contribution in [0.4, 0.5) is 5.69 Å². The monoisotopic (exact) mass is 242 g/mol. The van der Waals surface area contributed by atoms with Gasteiger partial charge in [0.25, 0.3) is 5.91 Å². The number of nitrogens with one attached hydrogen (secondary N) is 2. The third kappa shape index (κ3) is 2.58. The molecule has 1 aromatic carbocycles. The number of carbonyl (C=O) groups is 1. The molecule has 4 nitrogen and oxygen atoms in total. The van der Waals surface area contributed by atoms with Crippen molar-refractivity contribution in [2.45, 2.75) is 13.0 Å². The van der Waals surface area contributed by atoms with Gasteiger partial charge < -0.3 is 15.4 Å². The van der Waals surface area contributed by atoms with Gasteiger partial charge >= 0.3 is 0 Å². The second-order valence-corrected chi connectivity index (χ2v) is 3.38. The largest absolute Gasteiger partial charge is 0.477 e. The van der Waals surface area contributed by atoms with Crippen molar-refractivity contribution >= 4 is 24.0 Å². The Morgan fingerprint density at radius 3 is 3.06 bits per heavy atom. The number of halogens is 1. The van der Waals surface area contributed by atoms with Crippen molar-refractivity contribution in [1.82, 2.24) is 5.32 Å². The molecule has 0 fully saturated rings. The predicted octanol–water partition coefficient (Wildman–Crippen LogP) is 1.42. The van der Waals surface area contributed by atoms with Crippen LogP contribution in [0.15, 0.2) is 24.3 Å². The van der Waals surface area contributed by atoms with Crippen LogP contribution in [0.2, 0.25) is 0 Å². The maximum atomic E-state index is 11.5. The zero-order valence-electron chi connectivity index (χ0n) is 9.03. The number of anilines is 1. The normalized spacial score (nSPS) is 17.2. The molecule has 16 heavy (non-hydrogen) atoms. The number of para-hydroxylation sites is 2. The molecule has 1 aliphatic rings. The van der Waals surface area contributed by atoms with Gasteiger partial charge in [-0.15, -0.1) is 12.4 Å². The Labute approximate surface area is 101 Å². The topological polar surface area (TPSA) is 50.4 Å². The van der Waals surface area contributed by atoms with Crippen molar-refractivity contribution in [1.29, 1.82) is 0 Å². The second kappa shape index (κ2) is 5.61. The van der Waals surface area contributed by atoms with Gasteiger partial charge in [-0.25, -0.2) is 0 Å². The molecule has 0 bridgehead atoms. The standard InChI is InChI=1S/C11H14N2O2.ClH/c1-2-12-11(14)10-7-13-8-5-3-4-6-9(8)15-10;/h3-6,10,13H,2,7H2,1H3,(H,12,14);1H. The Hall–Kier alpha value is -1.42. The van der Waals surface area contributed by atoms with E-state index in [1.807, 2.05) is 31.2 Å². The van der Waals surface area contributed by atoms with Gasteiger partial charge in [-0.2, -0.15) is 0 Å². The number of ether oxygens (including phenoxy) is 1. The summed E-state index contributed by atoms with van der Waals surface area (Å²) in [6.07, 6.45) is -0.431. The molecule has 1 amide bonds. The predicted molar refractivity (Wildman–Crippen MR) is 65.3 cm³/mol. The Morgan fingerprint density at radius 2 is 2.31 bits per heavy atom. The number of hydrogen-bond donors (Lipinski definition) is 2. The number of benzene rings is 1. The molecule has 5 heteroatoms. The summed E-state index contributed by atoms with van der Waals surface area (Å²) in [7, 11) is 0. The second-order valence-electron chi connectivity index (χ2n) is 3.38. The van der Waals surface area contributed by atoms with Gasteiger partial charge in [-0.1, -0.05) is 12.1 Å². The summed E-state index contributed by atoms with van der Waals surface area (Å²) in [5, 5.41) is 5.91. The molecule has 0 aliphatic carbocycles. The van der Waals surface area contributed by atoms with Crippen LogP contribution in [-0.2, 0) is 4.79 Å². The fourth-order valence-electron chi connectivity index (χ4n) is 1.55. The summed E-state index contributed by atoms with van der Waals surface area (Å²) < 4.78 is 5.57. The van der Waals surface area contributed by atoms with Crippen molar-refractivity contribution in [3.63, 3.8) is 0 Å². The summed E-state index contributed by atoms with van der Waals surface area (Å²) in [6.45, 7) is 3.03. The van der Waals surface area contributed by atoms with Crippen LogP contribution in [0.25, 0.3) is 0 Å². The molecule has 1 aliphatic heterocycles. The first-order valence-electron chi connectivity index (χ1n) is 5.08. The first kappa shape index (κ1) is 12.6. The third-order valence-corrected chi connectivity index (χ3v) is 2.28. The van der Waals surface area contributed by atoms with Crippen molar-refractivity contribution < 1.29 is 9.53 Å². The number of rotatable bonds is 2. The van der Waals surface area contributed by atoms with Gasteiger partial charge in [0.2, 0.25) is 0 Å². The minimum Gasteiger partial charge on any atom is -0.477 e. The van der Waals surface area contributed by atoms with E-state index in [2.05, 4.69) is 10.6 Å². The molecule has 0 aromatic heterocycles. The average Bonchev–Trinajstić information content (AvgIpc) is 2.29. The molecule has 0 saturated carbocycles. The highest BCUT2D eigenvalue weighted by Gasteiger charge is 2.24. The Morgan fingerprint density at radius 1 is 1.56 bits per heavy atom. The van der Waals surface area contributed by atoms with Gasteiger partial charge in [0.05, 0.1) is 12.2 Å². The number of amides is 1. The van der Waals surface area contributed by atoms with Crippen molar-refractivity contribution in [3.8, 4) is 5.75 Å². The summed E-state index contributed by atoms with van der Waals surface area (Å²) in [4.78, 5) is 11.5. The number of carbonyl (C=O) groups excluding carboxylic acids is 1. The van der Waals surface area contributed by atoms with Crippen LogP contribution in [0, 0.1) is 0 Å². The summed E-state index contributed by atoms with van der Waals surface area (Å²) >= 11 is 0. The number of hydrogen-bond acceptors (Lipinski definition) is 3. The maximum Gasteiger partial charge on any atom is 0.262 e. The van der Waals surface area contributed by atoms with Gasteiger partial charge in [0.1, 0.15) is 5.75 Å². The molecule has 88 valence electrons. The van der Waals surface area contributed by atoms with Crippen LogP contribution in [-0.4, -0.2) is 25.1 Å². The zero-order valence-corrected chi connectivity index (χ0v) is 9.84. The van der Waals surface area contributed by atoms with Crippen LogP contribution in [0.1, 0.15) is 6.92 Å². The first-order chi connectivity index (χ1) is 7.31. The van der Waals surface area contributed by atoms with Gasteiger partial charge in [-0.3, -0.25) is 4.79 Å². The first-order valence-corrected chi connectivity index (χ1v) is 5.08. The van der Waals surface area contributed by atoms with E-state index in [9.17, 15) is 4.79 Å². The summed E-state index contributed by atoms with van der Waals surface area (Å²) in [5.74, 6) is 0.666. The maximum absolute atomic E-state index is 11.5. The lowest BCUT2D eigenvalue weighted by Gasteiger charge is -2.26. The van der Waals surface area contributed by atoms with Gasteiger partial charge in [0.15, 0.2) is 6.10 Å². The highest BCUT2D eigenvalue weighted by Crippen LogP contribution is 2.27. The Balaban J connectivity index is 0.00000128. The average molecular weight is 243 g/mol. The molecular weight excluding hydrogens is 228 g/mol. The van der Waals surface area contributed by atoms with Crippen LogP contribution >= 0.6 is 12.4 Å². The molecule has 1 unspecified atom stereocenters. The van der Waals surface area contributed by atoms with Crippen molar-refractivity contribution in [2.24, 2.45) is 0 Å². The Bertz CT molecular complexity index is 371. The van der Waals surface area contributed by atoms with Gasteiger partial charge in [0, 0.05) is 6.54 Å². The Kier molecular flexibility index (Phi) is 4.43. The lowest BCUT2D eigenvalue weighted by Crippen LogP contribution is -2.44. The van der Waals surface area contributed by atoms with E-state index in [1.54, 1.807) is 0 Å². The lowest BCUT2D eigenvalue weighted by atomic mass is 10.2. The molecular formula is C11H15ClN2O2. The highest BCUT2D eigenvalue weighted by molar-refractivity contribution is 5.85. The fraction of sp³-hybridized carbons (Fsp3) is 0.364. The zero-order chi connectivity index (χ0) is 10.7. The molecule has 0 saturated heterocycles. The van der Waals surface area contributed by atoms with E-state index in [-0.39, 0.29) is 18.3 Å². The third-order valence-electron chi connectivity index (χ3n) is 2.28. The van der Waals surface area contributed by atoms with E-state index in [4.69, 9.17) is 4.74 Å². The molecule has 2 N–H and O–H groups in total. The van der Waals surface area contributed by atoms with Crippen LogP contribution in [0.3, 0.4) is 0 Å². The lowest BCUT2D eigenvalue weighted by molar-refractivity contribution is -0.127. The molecule has 1 aromatic rings. The molecule has 0 radical (unpaired) electrons. The minimum absolute atomic E-state index is 0. The van der Waals surface area contributed by atoms with E-state index in [0.717, 1.165) is 11.4 Å². The van der Waals surface area contributed by atoms with E-state index < -0.39 is 6.10 Å². The van der Waals surface area contributed by atoms with E-state index in [1.165, 1.54) is 0 Å². The van der Waals surface area contributed by atoms with Crippen LogP contribution in [0.5, 0.6) is 5.75 Å². The fourth-order valence-corrected chi connectivity index (χ4v) is 1.55. The van der Waals surface area contributed by atoms with Crippen LogP contribution < -0.4 is 15.4 Å². The molecule has 1 heterocycles. The SMILES string of the molecule is CCNC(=O)C1CNc2ccccc2O1.Cl. The molecule has 1 atom stereocenters. The number of fused-ring (bicyclic) bond motifs is 1. The van der Waals surface area contributed by atoms with Crippen molar-refractivity contribution in [2.75, 3.05) is 18.4 Å².